The summed E-state index contributed by atoms with van der Waals surface area (Å²) < 4.78 is 1.73. The second kappa shape index (κ2) is 10.1. The van der Waals surface area contributed by atoms with Crippen LogP contribution in [0.5, 0.6) is 0 Å². The highest BCUT2D eigenvalue weighted by Crippen LogP contribution is 2.26. The number of hydrogen-bond donors (Lipinski definition) is 0. The summed E-state index contributed by atoms with van der Waals surface area (Å²) in [5, 5.41) is 5.46. The Morgan fingerprint density at radius 3 is 2.34 bits per heavy atom. The number of amides is 1. The van der Waals surface area contributed by atoms with Crippen molar-refractivity contribution in [1.29, 1.82) is 0 Å². The summed E-state index contributed by atoms with van der Waals surface area (Å²) in [6, 6.07) is 26.1. The molecule has 5 nitrogen and oxygen atoms in total. The summed E-state index contributed by atoms with van der Waals surface area (Å²) in [5.41, 5.74) is 6.82. The van der Waals surface area contributed by atoms with E-state index in [0.29, 0.717) is 23.8 Å². The molecule has 1 fully saturated rings. The first kappa shape index (κ1) is 23.3. The Hall–Kier alpha value is -3.41. The number of aromatic nitrogens is 2. The van der Waals surface area contributed by atoms with E-state index in [-0.39, 0.29) is 5.91 Å². The van der Waals surface area contributed by atoms with Crippen molar-refractivity contribution in [3.8, 4) is 16.9 Å². The molecule has 0 bridgehead atoms. The van der Waals surface area contributed by atoms with Gasteiger partial charge in [-0.1, -0.05) is 60.1 Å². The molecule has 35 heavy (non-hydrogen) atoms. The molecule has 0 atom stereocenters. The molecule has 0 N–H and O–H groups in total. The highest BCUT2D eigenvalue weighted by molar-refractivity contribution is 6.30. The van der Waals surface area contributed by atoms with Crippen molar-refractivity contribution in [2.24, 2.45) is 0 Å². The van der Waals surface area contributed by atoms with Gasteiger partial charge >= 0.3 is 0 Å². The number of hydrogen-bond acceptors (Lipinski definition) is 3. The van der Waals surface area contributed by atoms with Crippen LogP contribution < -0.4 is 0 Å². The molecule has 1 amide bonds. The van der Waals surface area contributed by atoms with Crippen molar-refractivity contribution in [2.75, 3.05) is 26.2 Å². The average Bonchev–Trinajstić information content (AvgIpc) is 3.32. The van der Waals surface area contributed by atoms with Gasteiger partial charge in [-0.25, -0.2) is 4.68 Å². The van der Waals surface area contributed by atoms with Crippen molar-refractivity contribution in [1.82, 2.24) is 19.6 Å². The third-order valence-electron chi connectivity index (χ3n) is 6.69. The summed E-state index contributed by atoms with van der Waals surface area (Å²) >= 11 is 6.28. The molecule has 0 unspecified atom stereocenters. The molecule has 1 aliphatic rings. The Morgan fingerprint density at radius 1 is 0.857 bits per heavy atom. The van der Waals surface area contributed by atoms with Gasteiger partial charge < -0.3 is 4.90 Å². The van der Waals surface area contributed by atoms with Crippen molar-refractivity contribution >= 4 is 17.5 Å². The predicted molar refractivity (Wildman–Crippen MR) is 141 cm³/mol. The molecular formula is C29H29ClN4O. The molecule has 0 aliphatic carbocycles. The predicted octanol–water partition coefficient (Wildman–Crippen LogP) is 5.77. The fraction of sp³-hybridized carbons (Fsp3) is 0.241. The minimum atomic E-state index is -0.00748. The summed E-state index contributed by atoms with van der Waals surface area (Å²) in [5.74, 6) is -0.00748. The summed E-state index contributed by atoms with van der Waals surface area (Å²) in [4.78, 5) is 18.1. The van der Waals surface area contributed by atoms with E-state index in [2.05, 4.69) is 61.2 Å². The lowest BCUT2D eigenvalue weighted by Gasteiger charge is -2.34. The quantitative estimate of drug-likeness (QED) is 0.361. The number of aryl methyl sites for hydroxylation is 2. The first-order chi connectivity index (χ1) is 17.0. The number of piperazine rings is 1. The molecule has 178 valence electrons. The number of benzene rings is 3. The SMILES string of the molecule is Cc1ccc(-c2cc(C(=O)N3CCN(Cc4ccccc4)CC3)n(-c3cccc(Cl)c3)n2)cc1C. The lowest BCUT2D eigenvalue weighted by Crippen LogP contribution is -2.48. The first-order valence-corrected chi connectivity index (χ1v) is 12.3. The standard InChI is InChI=1S/C29H29ClN4O/c1-21-11-12-24(17-22(21)2)27-19-28(34(31-27)26-10-6-9-25(30)18-26)29(35)33-15-13-32(14-16-33)20-23-7-4-3-5-8-23/h3-12,17-19H,13-16,20H2,1-2H3. The van der Waals surface area contributed by atoms with Crippen LogP contribution in [0.3, 0.4) is 0 Å². The van der Waals surface area contributed by atoms with Gasteiger partial charge in [0.1, 0.15) is 5.69 Å². The van der Waals surface area contributed by atoms with Gasteiger partial charge in [-0.15, -0.1) is 0 Å². The molecule has 0 spiro atoms. The Balaban J connectivity index is 1.41. The molecule has 2 heterocycles. The van der Waals surface area contributed by atoms with Crippen molar-refractivity contribution in [2.45, 2.75) is 20.4 Å². The maximum atomic E-state index is 13.7. The van der Waals surface area contributed by atoms with Crippen LogP contribution in [0.4, 0.5) is 0 Å². The highest BCUT2D eigenvalue weighted by Gasteiger charge is 2.26. The zero-order valence-corrected chi connectivity index (χ0v) is 20.9. The van der Waals surface area contributed by atoms with Crippen LogP contribution in [0, 0.1) is 13.8 Å². The van der Waals surface area contributed by atoms with E-state index in [4.69, 9.17) is 16.7 Å². The van der Waals surface area contributed by atoms with Gasteiger partial charge in [-0.05, 0) is 60.9 Å². The van der Waals surface area contributed by atoms with E-state index in [9.17, 15) is 4.79 Å². The van der Waals surface area contributed by atoms with E-state index < -0.39 is 0 Å². The Kier molecular flexibility index (Phi) is 6.71. The lowest BCUT2D eigenvalue weighted by atomic mass is 10.0. The summed E-state index contributed by atoms with van der Waals surface area (Å²) in [6.07, 6.45) is 0. The van der Waals surface area contributed by atoms with Gasteiger partial charge in [0.25, 0.3) is 5.91 Å². The van der Waals surface area contributed by atoms with Gasteiger partial charge in [0.15, 0.2) is 0 Å². The fourth-order valence-corrected chi connectivity index (χ4v) is 4.68. The van der Waals surface area contributed by atoms with E-state index in [1.165, 1.54) is 16.7 Å². The van der Waals surface area contributed by atoms with Crippen LogP contribution in [0.15, 0.2) is 78.9 Å². The zero-order chi connectivity index (χ0) is 24.4. The molecule has 4 aromatic rings. The van der Waals surface area contributed by atoms with Crippen LogP contribution in [-0.2, 0) is 6.54 Å². The number of nitrogens with zero attached hydrogens (tertiary/aromatic N) is 4. The second-order valence-corrected chi connectivity index (χ2v) is 9.60. The minimum Gasteiger partial charge on any atom is -0.335 e. The second-order valence-electron chi connectivity index (χ2n) is 9.16. The Morgan fingerprint density at radius 2 is 1.63 bits per heavy atom. The lowest BCUT2D eigenvalue weighted by molar-refractivity contribution is 0.0619. The van der Waals surface area contributed by atoms with Gasteiger partial charge in [-0.2, -0.15) is 5.10 Å². The average molecular weight is 485 g/mol. The smallest absolute Gasteiger partial charge is 0.272 e. The largest absolute Gasteiger partial charge is 0.335 e. The molecule has 1 aliphatic heterocycles. The van der Waals surface area contributed by atoms with Crippen LogP contribution in [0.25, 0.3) is 16.9 Å². The first-order valence-electron chi connectivity index (χ1n) is 12.0. The van der Waals surface area contributed by atoms with Crippen LogP contribution in [-0.4, -0.2) is 51.7 Å². The Labute approximate surface area is 211 Å². The highest BCUT2D eigenvalue weighted by atomic mass is 35.5. The van der Waals surface area contributed by atoms with E-state index in [1.54, 1.807) is 4.68 Å². The number of carbonyl (C=O) groups excluding carboxylic acids is 1. The minimum absolute atomic E-state index is 0.00748. The molecule has 0 saturated carbocycles. The Bertz CT molecular complexity index is 1340. The fourth-order valence-electron chi connectivity index (χ4n) is 4.49. The zero-order valence-electron chi connectivity index (χ0n) is 20.1. The van der Waals surface area contributed by atoms with Gasteiger partial charge in [0, 0.05) is 43.3 Å². The van der Waals surface area contributed by atoms with Crippen molar-refractivity contribution in [3.63, 3.8) is 0 Å². The summed E-state index contributed by atoms with van der Waals surface area (Å²) in [6.45, 7) is 8.15. The molecule has 5 rings (SSSR count). The van der Waals surface area contributed by atoms with Crippen LogP contribution in [0.1, 0.15) is 27.2 Å². The summed E-state index contributed by atoms with van der Waals surface area (Å²) in [7, 11) is 0. The van der Waals surface area contributed by atoms with E-state index >= 15 is 0 Å². The molecular weight excluding hydrogens is 456 g/mol. The van der Waals surface area contributed by atoms with Crippen molar-refractivity contribution in [3.05, 3.63) is 106 Å². The molecule has 0 radical (unpaired) electrons. The molecule has 3 aromatic carbocycles. The van der Waals surface area contributed by atoms with Crippen molar-refractivity contribution < 1.29 is 4.79 Å². The van der Waals surface area contributed by atoms with E-state index in [1.807, 2.05) is 41.3 Å². The third kappa shape index (κ3) is 5.16. The van der Waals surface area contributed by atoms with Gasteiger partial charge in [0.05, 0.1) is 11.4 Å². The number of carbonyl (C=O) groups is 1. The van der Waals surface area contributed by atoms with E-state index in [0.717, 1.165) is 36.6 Å². The number of rotatable bonds is 5. The molecule has 1 aromatic heterocycles. The normalized spacial score (nSPS) is 14.3. The van der Waals surface area contributed by atoms with Crippen LogP contribution in [0.2, 0.25) is 5.02 Å². The number of halogens is 1. The van der Waals surface area contributed by atoms with Gasteiger partial charge in [0.2, 0.25) is 0 Å². The van der Waals surface area contributed by atoms with Crippen LogP contribution >= 0.6 is 11.6 Å². The monoisotopic (exact) mass is 484 g/mol. The maximum Gasteiger partial charge on any atom is 0.272 e. The van der Waals surface area contributed by atoms with Gasteiger partial charge in [-0.3, -0.25) is 9.69 Å². The topological polar surface area (TPSA) is 41.4 Å². The third-order valence-corrected chi connectivity index (χ3v) is 6.93. The maximum absolute atomic E-state index is 13.7. The molecule has 6 heteroatoms. The molecule has 1 saturated heterocycles.